The van der Waals surface area contributed by atoms with Crippen molar-refractivity contribution in [2.45, 2.75) is 0 Å². The minimum atomic E-state index is -0.550. The number of rotatable bonds is 6. The van der Waals surface area contributed by atoms with E-state index in [2.05, 4.69) is 94.1 Å². The first kappa shape index (κ1) is 31.4. The number of aromatic nitrogens is 7. The minimum absolute atomic E-state index is 0.0868. The van der Waals surface area contributed by atoms with Gasteiger partial charge >= 0.3 is 0 Å². The van der Waals surface area contributed by atoms with E-state index in [4.69, 9.17) is 20.4 Å². The van der Waals surface area contributed by atoms with E-state index in [1.807, 2.05) is 108 Å². The Labute approximate surface area is 412 Å². The Morgan fingerprint density at radius 3 is 1.30 bits per heavy atom. The highest BCUT2D eigenvalue weighted by molar-refractivity contribution is 6.18. The summed E-state index contributed by atoms with van der Waals surface area (Å²) in [7, 11) is 0. The number of benzene rings is 10. The van der Waals surface area contributed by atoms with Crippen LogP contribution in [0.2, 0.25) is 0 Å². The topological polar surface area (TPSA) is 58.4 Å². The van der Waals surface area contributed by atoms with Crippen LogP contribution in [0.15, 0.2) is 236 Å². The third-order valence-electron chi connectivity index (χ3n) is 13.7. The molecule has 0 bridgehead atoms. The van der Waals surface area contributed by atoms with E-state index in [0.29, 0.717) is 5.56 Å². The molecule has 0 radical (unpaired) electrons. The second-order valence-electron chi connectivity index (χ2n) is 17.4. The van der Waals surface area contributed by atoms with Gasteiger partial charge in [0.15, 0.2) is 5.82 Å². The molecule has 0 atom stereocenters. The summed E-state index contributed by atoms with van der Waals surface area (Å²) >= 11 is 0. The molecule has 0 unspecified atom stereocenters. The first-order valence-corrected chi connectivity index (χ1v) is 23.1. The molecule has 0 fully saturated rings. The van der Waals surface area contributed by atoms with Crippen LogP contribution in [0.3, 0.4) is 0 Å². The van der Waals surface area contributed by atoms with Gasteiger partial charge in [0.25, 0.3) is 0 Å². The standard InChI is InChI=1S/C63H39N7/c1-2-20-40(21-3-1)67-56-37-17-10-28-49(56)59-47(29-18-38-57(59)67)48-30-19-39-58(68-50-31-11-4-22-41(50)42-23-5-12-32-51(42)68)60(48)61-64-62(69-52-33-13-6-24-43(52)44-25-7-14-34-53(44)69)66-63(65-61)70-54-35-15-8-26-45(54)46-27-9-16-36-55(46)70/h1-39H/i6D,7D,13D,14D,24D,25D,33D,34D. The quantitative estimate of drug-likeness (QED) is 0.167. The lowest BCUT2D eigenvalue weighted by atomic mass is 9.93. The lowest BCUT2D eigenvalue weighted by molar-refractivity contribution is 0.892. The Hall–Kier alpha value is -9.59. The first-order valence-electron chi connectivity index (χ1n) is 27.1. The van der Waals surface area contributed by atoms with Crippen molar-refractivity contribution in [3.8, 4) is 45.8 Å². The molecule has 70 heavy (non-hydrogen) atoms. The average Bonchev–Trinajstić information content (AvgIpc) is 4.26. The van der Waals surface area contributed by atoms with E-state index >= 15 is 0 Å². The van der Waals surface area contributed by atoms with Crippen molar-refractivity contribution in [2.24, 2.45) is 0 Å². The molecule has 5 heterocycles. The van der Waals surface area contributed by atoms with E-state index in [9.17, 15) is 5.48 Å². The van der Waals surface area contributed by atoms with Crippen LogP contribution in [0.4, 0.5) is 0 Å². The highest BCUT2D eigenvalue weighted by atomic mass is 15.3. The van der Waals surface area contributed by atoms with Crippen LogP contribution >= 0.6 is 0 Å². The number of para-hydroxylation sites is 8. The van der Waals surface area contributed by atoms with Crippen LogP contribution in [0.25, 0.3) is 133 Å². The molecule has 326 valence electrons. The SMILES string of the molecule is [2H]c1c([2H])c([2H])c2c(c1[2H])c1c([2H])c([2H])c([2H])c([2H])c1n2-c1nc(-c2c(-c3cccc4c3c3ccccc3n4-c3ccccc3)cccc2-n2c3ccccc3c3ccccc32)nc(-n2c3ccccc3c3ccccc32)n1. The zero-order valence-electron chi connectivity index (χ0n) is 45.0. The van der Waals surface area contributed by atoms with E-state index in [1.54, 1.807) is 0 Å². The summed E-state index contributed by atoms with van der Waals surface area (Å²) in [6.45, 7) is 0. The minimum Gasteiger partial charge on any atom is -0.309 e. The van der Waals surface area contributed by atoms with Crippen LogP contribution in [0.1, 0.15) is 11.0 Å². The van der Waals surface area contributed by atoms with E-state index < -0.39 is 48.3 Å². The summed E-state index contributed by atoms with van der Waals surface area (Å²) in [5, 5.41) is 5.78. The van der Waals surface area contributed by atoms with E-state index in [1.165, 1.54) is 4.57 Å². The van der Waals surface area contributed by atoms with Gasteiger partial charge in [0, 0.05) is 48.8 Å². The first-order chi connectivity index (χ1) is 38.1. The number of hydrogen-bond acceptors (Lipinski definition) is 3. The van der Waals surface area contributed by atoms with Crippen molar-refractivity contribution >= 4 is 87.2 Å². The molecule has 0 saturated heterocycles. The van der Waals surface area contributed by atoms with Gasteiger partial charge in [0.1, 0.15) is 0 Å². The van der Waals surface area contributed by atoms with Crippen molar-refractivity contribution < 1.29 is 11.0 Å². The molecular formula is C63H39N7. The fourth-order valence-corrected chi connectivity index (χ4v) is 10.9. The smallest absolute Gasteiger partial charge is 0.240 e. The highest BCUT2D eigenvalue weighted by Crippen LogP contribution is 2.45. The van der Waals surface area contributed by atoms with Crippen LogP contribution < -0.4 is 0 Å². The van der Waals surface area contributed by atoms with Gasteiger partial charge in [-0.3, -0.25) is 9.13 Å². The van der Waals surface area contributed by atoms with Gasteiger partial charge in [-0.15, -0.1) is 0 Å². The van der Waals surface area contributed by atoms with Gasteiger partial charge in [0.2, 0.25) is 11.9 Å². The van der Waals surface area contributed by atoms with Gasteiger partial charge in [-0.05, 0) is 77.8 Å². The number of hydrogen-bond donors (Lipinski definition) is 0. The number of fused-ring (bicyclic) bond motifs is 12. The summed E-state index contributed by atoms with van der Waals surface area (Å²) < 4.78 is 81.2. The van der Waals surface area contributed by atoms with Crippen LogP contribution in [0.5, 0.6) is 0 Å². The molecule has 0 saturated carbocycles. The predicted molar refractivity (Wildman–Crippen MR) is 288 cm³/mol. The monoisotopic (exact) mass is 901 g/mol. The molecular weight excluding hydrogens is 855 g/mol. The molecule has 0 aliphatic carbocycles. The Kier molecular flexibility index (Phi) is 6.71. The van der Waals surface area contributed by atoms with Gasteiger partial charge in [-0.1, -0.05) is 170 Å². The normalized spacial score (nSPS) is 13.6. The zero-order valence-corrected chi connectivity index (χ0v) is 37.0. The van der Waals surface area contributed by atoms with Crippen LogP contribution in [0, 0.1) is 0 Å². The summed E-state index contributed by atoms with van der Waals surface area (Å²) in [5.74, 6) is 0.213. The zero-order chi connectivity index (χ0) is 52.8. The van der Waals surface area contributed by atoms with Gasteiger partial charge in [0.05, 0.1) is 66.4 Å². The van der Waals surface area contributed by atoms with Crippen molar-refractivity contribution in [3.05, 3.63) is 236 Å². The molecule has 7 heteroatoms. The second kappa shape index (κ2) is 15.0. The highest BCUT2D eigenvalue weighted by Gasteiger charge is 2.27. The maximum Gasteiger partial charge on any atom is 0.240 e. The van der Waals surface area contributed by atoms with E-state index in [-0.39, 0.29) is 39.5 Å². The van der Waals surface area contributed by atoms with Crippen LogP contribution in [-0.2, 0) is 0 Å². The Morgan fingerprint density at radius 2 is 0.729 bits per heavy atom. The van der Waals surface area contributed by atoms with E-state index in [0.717, 1.165) is 87.9 Å². The Morgan fingerprint density at radius 1 is 0.300 bits per heavy atom. The lowest BCUT2D eigenvalue weighted by Crippen LogP contribution is -2.11. The predicted octanol–water partition coefficient (Wildman–Crippen LogP) is 15.6. The lowest BCUT2D eigenvalue weighted by Gasteiger charge is -2.19. The summed E-state index contributed by atoms with van der Waals surface area (Å²) in [6.07, 6.45) is 0. The molecule has 5 aromatic heterocycles. The molecule has 15 aromatic rings. The maximum absolute atomic E-state index is 9.55. The molecule has 0 amide bonds. The van der Waals surface area contributed by atoms with Crippen molar-refractivity contribution in [1.29, 1.82) is 0 Å². The summed E-state index contributed by atoms with van der Waals surface area (Å²) in [5.41, 5.74) is 9.18. The summed E-state index contributed by atoms with van der Waals surface area (Å²) in [6, 6.07) is 59.6. The molecule has 0 aliphatic heterocycles. The van der Waals surface area contributed by atoms with Crippen molar-refractivity contribution in [2.75, 3.05) is 0 Å². The van der Waals surface area contributed by atoms with Crippen molar-refractivity contribution in [1.82, 2.24) is 33.2 Å². The third-order valence-corrected chi connectivity index (χ3v) is 13.7. The summed E-state index contributed by atoms with van der Waals surface area (Å²) in [4.78, 5) is 16.4. The fraction of sp³-hybridized carbons (Fsp3) is 0. The molecule has 15 rings (SSSR count). The molecule has 0 aliphatic rings. The third kappa shape index (κ3) is 5.48. The molecule has 7 nitrogen and oxygen atoms in total. The van der Waals surface area contributed by atoms with Gasteiger partial charge < -0.3 is 9.13 Å². The fourth-order valence-electron chi connectivity index (χ4n) is 10.9. The van der Waals surface area contributed by atoms with Crippen molar-refractivity contribution in [3.63, 3.8) is 0 Å². The average molecular weight is 902 g/mol. The molecule has 10 aromatic carbocycles. The Bertz CT molecular complexity index is 4910. The maximum atomic E-state index is 9.55. The largest absolute Gasteiger partial charge is 0.309 e. The van der Waals surface area contributed by atoms with Gasteiger partial charge in [-0.25, -0.2) is 0 Å². The number of nitrogens with zero attached hydrogens (tertiary/aromatic N) is 7. The second-order valence-corrected chi connectivity index (χ2v) is 17.4. The van der Waals surface area contributed by atoms with Gasteiger partial charge in [-0.2, -0.15) is 15.0 Å². The molecule has 0 spiro atoms. The molecule has 0 N–H and O–H groups in total. The van der Waals surface area contributed by atoms with Crippen LogP contribution in [-0.4, -0.2) is 33.2 Å². The Balaban J connectivity index is 1.16.